The van der Waals surface area contributed by atoms with Crippen LogP contribution in [0.15, 0.2) is 34.3 Å². The number of fused-ring (bicyclic) bond motifs is 5. The summed E-state index contributed by atoms with van der Waals surface area (Å²) in [5, 5.41) is 8.65. The summed E-state index contributed by atoms with van der Waals surface area (Å²) in [6, 6.07) is 5.18. The number of nitrogens with zero attached hydrogens (tertiary/aromatic N) is 1. The zero-order valence-corrected chi connectivity index (χ0v) is 17.4. The van der Waals surface area contributed by atoms with E-state index in [-0.39, 0.29) is 21.3 Å². The second-order valence-corrected chi connectivity index (χ2v) is 9.72. The molecule has 0 aromatic heterocycles. The number of carboxylic acids is 1. The van der Waals surface area contributed by atoms with Gasteiger partial charge in [-0.3, -0.25) is 9.59 Å². The zero-order valence-electron chi connectivity index (χ0n) is 12.9. The van der Waals surface area contributed by atoms with Crippen molar-refractivity contribution in [2.75, 3.05) is 4.90 Å². The molecule has 4 rings (SSSR count). The van der Waals surface area contributed by atoms with E-state index in [2.05, 4.69) is 0 Å². The van der Waals surface area contributed by atoms with Crippen molar-refractivity contribution in [1.29, 1.82) is 0 Å². The summed E-state index contributed by atoms with van der Waals surface area (Å²) in [4.78, 5) is 34.3. The largest absolute Gasteiger partial charge is 0.478 e. The molecule has 1 N–H and O–H groups in total. The highest BCUT2D eigenvalue weighted by atomic mass is 35.5. The second-order valence-electron chi connectivity index (χ2n) is 6.45. The minimum Gasteiger partial charge on any atom is -0.478 e. The molecule has 142 valence electrons. The first-order chi connectivity index (χ1) is 12.4. The number of allylic oxidation sites excluding steroid dienone is 2. The lowest BCUT2D eigenvalue weighted by atomic mass is 9.84. The fourth-order valence-electron chi connectivity index (χ4n) is 4.00. The van der Waals surface area contributed by atoms with E-state index in [1.54, 1.807) is 0 Å². The van der Waals surface area contributed by atoms with Crippen LogP contribution < -0.4 is 4.90 Å². The molecule has 5 nitrogen and oxygen atoms in total. The maximum atomic E-state index is 13.1. The number of imide groups is 1. The molecule has 1 aliphatic heterocycles. The van der Waals surface area contributed by atoms with Crippen molar-refractivity contribution in [3.8, 4) is 0 Å². The van der Waals surface area contributed by atoms with Crippen molar-refractivity contribution in [2.24, 2.45) is 11.8 Å². The highest BCUT2D eigenvalue weighted by Gasteiger charge is 2.87. The summed E-state index contributed by atoms with van der Waals surface area (Å²) in [7, 11) is 0. The lowest BCUT2D eigenvalue weighted by Crippen LogP contribution is -2.50. The van der Waals surface area contributed by atoms with Gasteiger partial charge in [-0.25, -0.2) is 9.69 Å². The summed E-state index contributed by atoms with van der Waals surface area (Å²) in [5.41, 5.74) is 0.153. The molecule has 1 aromatic rings. The van der Waals surface area contributed by atoms with Crippen LogP contribution in [0.5, 0.6) is 0 Å². The van der Waals surface area contributed by atoms with Crippen molar-refractivity contribution in [1.82, 2.24) is 0 Å². The van der Waals surface area contributed by atoms with Crippen molar-refractivity contribution in [2.45, 2.75) is 14.1 Å². The molecule has 27 heavy (non-hydrogen) atoms. The standard InChI is InChI=1S/C16H7Cl6NO4/c17-9-10(18)15(20)8-7(14(9,19)16(15,21)22)11(24)23(12(8)25)6-3-1-5(2-4-6)13(26)27/h1-4,7-8H,(H,26,27)/t7-,8+,14-,15-/m1/s1. The molecule has 0 spiro atoms. The van der Waals surface area contributed by atoms with Gasteiger partial charge in [0.1, 0.15) is 9.75 Å². The first kappa shape index (κ1) is 19.6. The van der Waals surface area contributed by atoms with E-state index in [1.807, 2.05) is 0 Å². The van der Waals surface area contributed by atoms with Crippen LogP contribution in [0.1, 0.15) is 10.4 Å². The molecule has 11 heteroatoms. The molecule has 2 bridgehead atoms. The predicted octanol–water partition coefficient (Wildman–Crippen LogP) is 4.34. The monoisotopic (exact) mass is 487 g/mol. The lowest BCUT2D eigenvalue weighted by molar-refractivity contribution is -0.123. The molecular formula is C16H7Cl6NO4. The van der Waals surface area contributed by atoms with Crippen molar-refractivity contribution in [3.63, 3.8) is 0 Å². The Kier molecular flexibility index (Phi) is 4.13. The van der Waals surface area contributed by atoms with Gasteiger partial charge in [0, 0.05) is 0 Å². The third-order valence-corrected chi connectivity index (χ3v) is 9.54. The van der Waals surface area contributed by atoms with E-state index in [1.165, 1.54) is 24.3 Å². The highest BCUT2D eigenvalue weighted by molar-refractivity contribution is 6.67. The number of hydrogen-bond acceptors (Lipinski definition) is 3. The van der Waals surface area contributed by atoms with Gasteiger partial charge >= 0.3 is 5.97 Å². The normalized spacial score (nSPS) is 36.6. The Balaban J connectivity index is 1.84. The Bertz CT molecular complexity index is 914. The fourth-order valence-corrected chi connectivity index (χ4v) is 6.93. The Labute approximate surface area is 182 Å². The first-order valence-electron chi connectivity index (χ1n) is 7.45. The van der Waals surface area contributed by atoms with E-state index in [0.717, 1.165) is 4.90 Å². The smallest absolute Gasteiger partial charge is 0.335 e. The van der Waals surface area contributed by atoms with Crippen molar-refractivity contribution in [3.05, 3.63) is 39.9 Å². The van der Waals surface area contributed by atoms with Crippen LogP contribution >= 0.6 is 69.6 Å². The number of amides is 2. The summed E-state index contributed by atoms with van der Waals surface area (Å²) in [5.74, 6) is -4.99. The van der Waals surface area contributed by atoms with Gasteiger partial charge in [-0.1, -0.05) is 46.4 Å². The summed E-state index contributed by atoms with van der Waals surface area (Å²) >= 11 is 38.4. The van der Waals surface area contributed by atoms with Crippen LogP contribution in [-0.4, -0.2) is 37.0 Å². The van der Waals surface area contributed by atoms with Gasteiger partial charge in [0.15, 0.2) is 4.33 Å². The summed E-state index contributed by atoms with van der Waals surface area (Å²) in [6.45, 7) is 0. The molecule has 0 radical (unpaired) electrons. The number of anilines is 1. The SMILES string of the molecule is O=C(O)c1ccc(N2C(=O)[C@@H]3[C@H](C2=O)[C@@]2(Cl)C(Cl)=C(Cl)[C@@]3(Cl)C2(Cl)Cl)cc1. The van der Waals surface area contributed by atoms with Crippen LogP contribution in [0.3, 0.4) is 0 Å². The van der Waals surface area contributed by atoms with Crippen LogP contribution in [0.25, 0.3) is 0 Å². The fraction of sp³-hybridized carbons (Fsp3) is 0.312. The Hall–Kier alpha value is -0.690. The maximum Gasteiger partial charge on any atom is 0.335 e. The number of benzene rings is 1. The van der Waals surface area contributed by atoms with E-state index in [4.69, 9.17) is 74.7 Å². The third kappa shape index (κ3) is 1.98. The van der Waals surface area contributed by atoms with Gasteiger partial charge in [0.05, 0.1) is 33.2 Å². The molecule has 4 atom stereocenters. The third-order valence-electron chi connectivity index (χ3n) is 5.28. The van der Waals surface area contributed by atoms with Crippen LogP contribution in [0.2, 0.25) is 0 Å². The average molecular weight is 490 g/mol. The quantitative estimate of drug-likeness (QED) is 0.495. The number of hydrogen-bond donors (Lipinski definition) is 1. The van der Waals surface area contributed by atoms with Crippen LogP contribution in [0, 0.1) is 11.8 Å². The number of halogens is 6. The average Bonchev–Trinajstić information content (AvgIpc) is 2.99. The Morgan fingerprint density at radius 2 is 1.30 bits per heavy atom. The van der Waals surface area contributed by atoms with E-state index < -0.39 is 43.7 Å². The number of carbonyl (C=O) groups excluding carboxylic acids is 2. The van der Waals surface area contributed by atoms with Gasteiger partial charge in [-0.15, -0.1) is 23.2 Å². The number of aromatic carboxylic acids is 1. The number of carbonyl (C=O) groups is 3. The molecule has 0 unspecified atom stereocenters. The van der Waals surface area contributed by atoms with Crippen LogP contribution in [0.4, 0.5) is 5.69 Å². The summed E-state index contributed by atoms with van der Waals surface area (Å²) < 4.78 is -1.99. The van der Waals surface area contributed by atoms with Gasteiger partial charge in [-0.2, -0.15) is 0 Å². The van der Waals surface area contributed by atoms with Crippen LogP contribution in [-0.2, 0) is 9.59 Å². The maximum absolute atomic E-state index is 13.1. The summed E-state index contributed by atoms with van der Waals surface area (Å²) in [6.07, 6.45) is 0. The molecule has 2 fully saturated rings. The van der Waals surface area contributed by atoms with Crippen molar-refractivity contribution >= 4 is 93.1 Å². The zero-order chi connectivity index (χ0) is 20.1. The molecule has 3 aliphatic rings. The number of alkyl halides is 4. The minimum atomic E-state index is -1.99. The lowest BCUT2D eigenvalue weighted by Gasteiger charge is -2.34. The molecule has 2 amide bonds. The van der Waals surface area contributed by atoms with E-state index >= 15 is 0 Å². The molecule has 1 heterocycles. The second kappa shape index (κ2) is 5.68. The van der Waals surface area contributed by atoms with Gasteiger partial charge in [0.2, 0.25) is 11.8 Å². The topological polar surface area (TPSA) is 74.7 Å². The molecule has 1 aromatic carbocycles. The number of rotatable bonds is 2. The minimum absolute atomic E-state index is 0.00553. The molecular weight excluding hydrogens is 483 g/mol. The number of carboxylic acid groups (broad SMARTS) is 1. The Morgan fingerprint density at radius 3 is 1.67 bits per heavy atom. The van der Waals surface area contributed by atoms with Gasteiger partial charge in [0.25, 0.3) is 0 Å². The molecule has 2 aliphatic carbocycles. The van der Waals surface area contributed by atoms with E-state index in [9.17, 15) is 14.4 Å². The first-order valence-corrected chi connectivity index (χ1v) is 9.72. The molecule has 1 saturated carbocycles. The Morgan fingerprint density at radius 1 is 0.889 bits per heavy atom. The van der Waals surface area contributed by atoms with E-state index in [0.29, 0.717) is 0 Å². The van der Waals surface area contributed by atoms with Gasteiger partial charge in [-0.05, 0) is 24.3 Å². The predicted molar refractivity (Wildman–Crippen MR) is 103 cm³/mol. The van der Waals surface area contributed by atoms with Gasteiger partial charge < -0.3 is 5.11 Å². The van der Waals surface area contributed by atoms with Crippen molar-refractivity contribution < 1.29 is 19.5 Å². The highest BCUT2D eigenvalue weighted by Crippen LogP contribution is 2.77. The molecule has 1 saturated heterocycles.